The number of carboxylic acids is 1. The van der Waals surface area contributed by atoms with Gasteiger partial charge in [0, 0.05) is 25.1 Å². The summed E-state index contributed by atoms with van der Waals surface area (Å²) in [5, 5.41) is 66.4. The molecule has 14 heteroatoms. The molecule has 3 rings (SSSR count). The first-order chi connectivity index (χ1) is 21.0. The van der Waals surface area contributed by atoms with Gasteiger partial charge in [-0.15, -0.1) is 24.1 Å². The van der Waals surface area contributed by atoms with Crippen molar-refractivity contribution in [1.29, 1.82) is 0 Å². The van der Waals surface area contributed by atoms with Crippen LogP contribution in [-0.4, -0.2) is 104 Å². The average Bonchev–Trinajstić information content (AvgIpc) is 3.01. The molecule has 2 amide bonds. The van der Waals surface area contributed by atoms with Gasteiger partial charge in [-0.1, -0.05) is 24.3 Å². The molecule has 0 spiro atoms. The number of phenols is 1. The van der Waals surface area contributed by atoms with Crippen LogP contribution in [0.4, 0.5) is 0 Å². The molecule has 0 aromatic heterocycles. The molecular formula is C30H36N2O11S. The molecule has 0 radical (unpaired) electrons. The van der Waals surface area contributed by atoms with Gasteiger partial charge in [0.25, 0.3) is 0 Å². The number of hydrogen-bond acceptors (Lipinski definition) is 11. The van der Waals surface area contributed by atoms with E-state index in [-0.39, 0.29) is 17.9 Å². The van der Waals surface area contributed by atoms with Crippen LogP contribution in [0.5, 0.6) is 11.5 Å². The van der Waals surface area contributed by atoms with Crippen LogP contribution < -0.4 is 15.4 Å². The zero-order valence-electron chi connectivity index (χ0n) is 23.7. The van der Waals surface area contributed by atoms with Gasteiger partial charge < -0.3 is 50.7 Å². The van der Waals surface area contributed by atoms with Crippen molar-refractivity contribution >= 4 is 29.5 Å². The molecule has 1 fully saturated rings. The van der Waals surface area contributed by atoms with Gasteiger partial charge in [-0.3, -0.25) is 9.59 Å². The number of carbonyl (C=O) groups is 3. The van der Waals surface area contributed by atoms with Crippen LogP contribution in [-0.2, 0) is 31.3 Å². The van der Waals surface area contributed by atoms with Crippen molar-refractivity contribution in [2.45, 2.75) is 60.4 Å². The fourth-order valence-corrected chi connectivity index (χ4v) is 5.66. The lowest BCUT2D eigenvalue weighted by Crippen LogP contribution is -2.67. The maximum atomic E-state index is 12.5. The van der Waals surface area contributed by atoms with Crippen LogP contribution in [0.25, 0.3) is 0 Å². The number of nitrogens with one attached hydrogen (secondary N) is 2. The number of carbonyl (C=O) groups excluding carboxylic acids is 2. The van der Waals surface area contributed by atoms with E-state index in [1.165, 1.54) is 12.1 Å². The normalized spacial score (nSPS) is 22.7. The van der Waals surface area contributed by atoms with E-state index in [2.05, 4.69) is 16.6 Å². The van der Waals surface area contributed by atoms with E-state index in [1.54, 1.807) is 36.4 Å². The standard InChI is InChI=1S/C30H36N2O11S/c1-2-3-12-42-21-10-6-19(7-11-21)17-44-30(29(40)41)14-22(35)26(32-25(38)16-33)28(43-30)27(39)23(36)15-31-24(37)13-18-4-8-20(34)9-5-18/h1,4-11,22-23,26-28,33-36,39H,3,12-17H2,(H,31,37)(H,32,38)(H,40,41)/t22-,23+,26+,27+,28+,30-/m0/s1. The van der Waals surface area contributed by atoms with E-state index in [0.29, 0.717) is 29.9 Å². The van der Waals surface area contributed by atoms with Gasteiger partial charge in [0.1, 0.15) is 30.3 Å². The minimum absolute atomic E-state index is 0.0281. The predicted octanol–water partition coefficient (Wildman–Crippen LogP) is -0.484. The lowest BCUT2D eigenvalue weighted by atomic mass is 9.89. The van der Waals surface area contributed by atoms with Gasteiger partial charge in [-0.2, -0.15) is 0 Å². The van der Waals surface area contributed by atoms with E-state index in [9.17, 15) is 45.0 Å². The van der Waals surface area contributed by atoms with Crippen molar-refractivity contribution in [2.24, 2.45) is 0 Å². The summed E-state index contributed by atoms with van der Waals surface area (Å²) in [7, 11) is 0. The van der Waals surface area contributed by atoms with Gasteiger partial charge in [0.05, 0.1) is 31.3 Å². The molecule has 1 heterocycles. The van der Waals surface area contributed by atoms with Crippen LogP contribution in [0.15, 0.2) is 48.5 Å². The Kier molecular flexibility index (Phi) is 12.8. The molecule has 13 nitrogen and oxygen atoms in total. The highest BCUT2D eigenvalue weighted by molar-refractivity contribution is 8.00. The van der Waals surface area contributed by atoms with Crippen LogP contribution in [0.1, 0.15) is 24.0 Å². The largest absolute Gasteiger partial charge is 0.508 e. The predicted molar refractivity (Wildman–Crippen MR) is 158 cm³/mol. The third kappa shape index (κ3) is 9.58. The van der Waals surface area contributed by atoms with Crippen molar-refractivity contribution in [3.8, 4) is 23.8 Å². The van der Waals surface area contributed by atoms with Crippen LogP contribution in [0.3, 0.4) is 0 Å². The molecule has 0 unspecified atom stereocenters. The monoisotopic (exact) mass is 632 g/mol. The number of terminal acetylenes is 1. The first-order valence-electron chi connectivity index (χ1n) is 13.7. The Morgan fingerprint density at radius 3 is 2.36 bits per heavy atom. The van der Waals surface area contributed by atoms with Crippen molar-refractivity contribution < 1.29 is 54.5 Å². The molecule has 2 aromatic carbocycles. The van der Waals surface area contributed by atoms with E-state index in [4.69, 9.17) is 15.9 Å². The molecule has 238 valence electrons. The maximum absolute atomic E-state index is 12.5. The second-order valence-corrected chi connectivity index (χ2v) is 11.3. The molecule has 6 atom stereocenters. The first-order valence-corrected chi connectivity index (χ1v) is 14.7. The lowest BCUT2D eigenvalue weighted by Gasteiger charge is -2.46. The number of aliphatic hydroxyl groups excluding tert-OH is 4. The summed E-state index contributed by atoms with van der Waals surface area (Å²) >= 11 is 0.826. The number of thioether (sulfide) groups is 1. The second-order valence-electron chi connectivity index (χ2n) is 10.1. The number of aromatic hydroxyl groups is 1. The Balaban J connectivity index is 1.73. The lowest BCUT2D eigenvalue weighted by molar-refractivity contribution is -0.203. The minimum atomic E-state index is -2.10. The summed E-state index contributed by atoms with van der Waals surface area (Å²) in [6.45, 7) is -1.09. The molecule has 8 N–H and O–H groups in total. The number of carboxylic acid groups (broad SMARTS) is 1. The molecule has 0 aliphatic carbocycles. The smallest absolute Gasteiger partial charge is 0.346 e. The molecule has 1 saturated heterocycles. The second kappa shape index (κ2) is 16.3. The topological polar surface area (TPSA) is 215 Å². The van der Waals surface area contributed by atoms with Gasteiger partial charge in [0.2, 0.25) is 16.7 Å². The van der Waals surface area contributed by atoms with Crippen molar-refractivity contribution in [3.63, 3.8) is 0 Å². The van der Waals surface area contributed by atoms with E-state index in [0.717, 1.165) is 11.8 Å². The number of aliphatic hydroxyl groups is 4. The van der Waals surface area contributed by atoms with Crippen molar-refractivity contribution in [2.75, 3.05) is 19.8 Å². The summed E-state index contributed by atoms with van der Waals surface area (Å²) in [5.74, 6) is 0.274. The van der Waals surface area contributed by atoms with Gasteiger partial charge in [-0.25, -0.2) is 4.79 Å². The van der Waals surface area contributed by atoms with Gasteiger partial charge >= 0.3 is 5.97 Å². The van der Waals surface area contributed by atoms with Crippen LogP contribution in [0, 0.1) is 12.3 Å². The van der Waals surface area contributed by atoms with Gasteiger partial charge in [-0.05, 0) is 35.4 Å². The fraction of sp³-hybridized carbons (Fsp3) is 0.433. The Morgan fingerprint density at radius 1 is 1.09 bits per heavy atom. The number of benzene rings is 2. The van der Waals surface area contributed by atoms with Gasteiger partial charge in [0.15, 0.2) is 0 Å². The van der Waals surface area contributed by atoms with E-state index in [1.807, 2.05) is 0 Å². The summed E-state index contributed by atoms with van der Waals surface area (Å²) in [4.78, 5) is 34.8. The average molecular weight is 633 g/mol. The maximum Gasteiger partial charge on any atom is 0.346 e. The quantitative estimate of drug-likeness (QED) is 0.0923. The number of phenolic OH excluding ortho intramolecular Hbond substituents is 1. The zero-order chi connectivity index (χ0) is 32.3. The molecule has 2 aromatic rings. The Morgan fingerprint density at radius 2 is 1.75 bits per heavy atom. The zero-order valence-corrected chi connectivity index (χ0v) is 24.5. The summed E-state index contributed by atoms with van der Waals surface area (Å²) < 4.78 is 11.4. The summed E-state index contributed by atoms with van der Waals surface area (Å²) in [6.07, 6.45) is -1.75. The Bertz CT molecular complexity index is 1300. The molecular weight excluding hydrogens is 596 g/mol. The summed E-state index contributed by atoms with van der Waals surface area (Å²) in [5.41, 5.74) is 1.28. The Labute approximate surface area is 258 Å². The number of aliphatic carboxylic acids is 1. The summed E-state index contributed by atoms with van der Waals surface area (Å²) in [6, 6.07) is 11.3. The fourth-order valence-electron chi connectivity index (χ4n) is 4.48. The highest BCUT2D eigenvalue weighted by atomic mass is 32.2. The molecule has 0 bridgehead atoms. The SMILES string of the molecule is C#CCCOc1ccc(CS[C@]2(C(=O)O)C[C@H](O)[C@@H](NC(=O)CO)[C@H]([C@H](O)[C@H](O)CNC(=O)Cc3ccc(O)cc3)O2)cc1. The Hall–Kier alpha value is -3.84. The number of ether oxygens (including phenoxy) is 2. The van der Waals surface area contributed by atoms with Crippen LogP contribution in [0.2, 0.25) is 0 Å². The third-order valence-electron chi connectivity index (χ3n) is 6.82. The van der Waals surface area contributed by atoms with Crippen LogP contribution >= 0.6 is 11.8 Å². The number of rotatable bonds is 15. The third-order valence-corrected chi connectivity index (χ3v) is 8.20. The van der Waals surface area contributed by atoms with E-state index >= 15 is 0 Å². The van der Waals surface area contributed by atoms with Crippen molar-refractivity contribution in [1.82, 2.24) is 10.6 Å². The molecule has 1 aliphatic rings. The van der Waals surface area contributed by atoms with E-state index < -0.39 is 72.7 Å². The first kappa shape index (κ1) is 34.6. The molecule has 44 heavy (non-hydrogen) atoms. The highest BCUT2D eigenvalue weighted by Crippen LogP contribution is 2.42. The number of amides is 2. The molecule has 1 aliphatic heterocycles. The number of hydrogen-bond donors (Lipinski definition) is 8. The minimum Gasteiger partial charge on any atom is -0.508 e. The highest BCUT2D eigenvalue weighted by Gasteiger charge is 2.55. The molecule has 0 saturated carbocycles. The van der Waals surface area contributed by atoms with Crippen molar-refractivity contribution in [3.05, 3.63) is 59.7 Å².